The highest BCUT2D eigenvalue weighted by atomic mass is 19.1. The van der Waals surface area contributed by atoms with Crippen LogP contribution in [0, 0.1) is 15.9 Å². The molecule has 1 rings (SSSR count). The van der Waals surface area contributed by atoms with E-state index in [1.54, 1.807) is 0 Å². The van der Waals surface area contributed by atoms with Crippen molar-refractivity contribution in [1.82, 2.24) is 5.32 Å². The van der Waals surface area contributed by atoms with E-state index in [0.717, 1.165) is 12.1 Å². The molecule has 1 atom stereocenters. The van der Waals surface area contributed by atoms with Gasteiger partial charge >= 0.3 is 11.7 Å². The smallest absolute Gasteiger partial charge is 0.305 e. The van der Waals surface area contributed by atoms with Gasteiger partial charge in [0.05, 0.1) is 17.4 Å². The van der Waals surface area contributed by atoms with E-state index in [1.807, 2.05) is 0 Å². The molecule has 1 aromatic carbocycles. The molecule has 8 heteroatoms. The molecule has 0 saturated heterocycles. The fraction of sp³-hybridized carbons (Fsp3) is 0.364. The summed E-state index contributed by atoms with van der Waals surface area (Å²) in [7, 11) is 0. The van der Waals surface area contributed by atoms with Crippen molar-refractivity contribution in [2.24, 2.45) is 0 Å². The summed E-state index contributed by atoms with van der Waals surface area (Å²) in [5, 5.41) is 31.4. The van der Waals surface area contributed by atoms with Crippen LogP contribution in [0.15, 0.2) is 18.2 Å². The monoisotopic (exact) mass is 272 g/mol. The minimum absolute atomic E-state index is 0.0239. The van der Waals surface area contributed by atoms with Crippen LogP contribution in [0.3, 0.4) is 0 Å². The van der Waals surface area contributed by atoms with Gasteiger partial charge in [-0.1, -0.05) is 6.07 Å². The number of aliphatic hydroxyl groups excluding tert-OH is 1. The van der Waals surface area contributed by atoms with E-state index >= 15 is 0 Å². The van der Waals surface area contributed by atoms with Crippen molar-refractivity contribution in [2.45, 2.75) is 12.5 Å². The van der Waals surface area contributed by atoms with Crippen LogP contribution < -0.4 is 5.32 Å². The Bertz CT molecular complexity index is 480. The van der Waals surface area contributed by atoms with Crippen molar-refractivity contribution in [3.63, 3.8) is 0 Å². The number of aliphatic carboxylic acids is 1. The molecule has 104 valence electrons. The number of carbonyl (C=O) groups is 1. The number of carboxylic acid groups (broad SMARTS) is 1. The molecule has 0 saturated carbocycles. The van der Waals surface area contributed by atoms with E-state index in [-0.39, 0.29) is 25.1 Å². The zero-order valence-electron chi connectivity index (χ0n) is 9.88. The summed E-state index contributed by atoms with van der Waals surface area (Å²) in [5.74, 6) is -1.95. The third-order valence-electron chi connectivity index (χ3n) is 2.40. The summed E-state index contributed by atoms with van der Waals surface area (Å²) in [4.78, 5) is 19.9. The van der Waals surface area contributed by atoms with Crippen LogP contribution in [0.5, 0.6) is 0 Å². The molecule has 0 spiro atoms. The van der Waals surface area contributed by atoms with Crippen molar-refractivity contribution in [1.29, 1.82) is 0 Å². The van der Waals surface area contributed by atoms with Gasteiger partial charge in [0.25, 0.3) is 0 Å². The molecule has 0 aromatic heterocycles. The molecular weight excluding hydrogens is 259 g/mol. The molecule has 7 nitrogen and oxygen atoms in total. The summed E-state index contributed by atoms with van der Waals surface area (Å²) in [6.45, 7) is 0.186. The SMILES string of the molecule is O=C(O)CCNCC(O)c1ccc(F)c([N+](=O)[O-])c1. The lowest BCUT2D eigenvalue weighted by molar-refractivity contribution is -0.387. The number of hydrogen-bond donors (Lipinski definition) is 3. The lowest BCUT2D eigenvalue weighted by Crippen LogP contribution is -2.24. The van der Waals surface area contributed by atoms with Crippen LogP contribution in [0.25, 0.3) is 0 Å². The summed E-state index contributed by atoms with van der Waals surface area (Å²) in [5.41, 5.74) is -0.516. The maximum Gasteiger partial charge on any atom is 0.305 e. The quantitative estimate of drug-likeness (QED) is 0.385. The predicted molar refractivity (Wildman–Crippen MR) is 63.1 cm³/mol. The summed E-state index contributed by atoms with van der Waals surface area (Å²) >= 11 is 0. The first-order chi connectivity index (χ1) is 8.91. The second kappa shape index (κ2) is 6.76. The molecule has 3 N–H and O–H groups in total. The van der Waals surface area contributed by atoms with Gasteiger partial charge in [-0.2, -0.15) is 4.39 Å². The lowest BCUT2D eigenvalue weighted by Gasteiger charge is -2.11. The van der Waals surface area contributed by atoms with E-state index in [9.17, 15) is 24.4 Å². The molecule has 0 aliphatic heterocycles. The molecule has 0 bridgehead atoms. The second-order valence-corrected chi connectivity index (χ2v) is 3.83. The Balaban J connectivity index is 2.62. The Morgan fingerprint density at radius 1 is 1.53 bits per heavy atom. The van der Waals surface area contributed by atoms with Crippen molar-refractivity contribution in [3.05, 3.63) is 39.7 Å². The lowest BCUT2D eigenvalue weighted by atomic mass is 10.1. The van der Waals surface area contributed by atoms with Crippen LogP contribution in [0.2, 0.25) is 0 Å². The molecular formula is C11H13FN2O5. The van der Waals surface area contributed by atoms with Crippen molar-refractivity contribution < 1.29 is 24.3 Å². The highest BCUT2D eigenvalue weighted by Crippen LogP contribution is 2.22. The Morgan fingerprint density at radius 2 is 2.21 bits per heavy atom. The Labute approximate surface area is 107 Å². The zero-order valence-corrected chi connectivity index (χ0v) is 9.88. The van der Waals surface area contributed by atoms with Gasteiger partial charge in [0, 0.05) is 19.2 Å². The number of halogens is 1. The topological polar surface area (TPSA) is 113 Å². The molecule has 0 radical (unpaired) electrons. The number of carboxylic acids is 1. The van der Waals surface area contributed by atoms with Crippen LogP contribution in [-0.4, -0.2) is 34.2 Å². The number of nitro benzene ring substituents is 1. The third-order valence-corrected chi connectivity index (χ3v) is 2.40. The van der Waals surface area contributed by atoms with Crippen molar-refractivity contribution >= 4 is 11.7 Å². The van der Waals surface area contributed by atoms with Gasteiger partial charge < -0.3 is 15.5 Å². The van der Waals surface area contributed by atoms with E-state index in [4.69, 9.17) is 5.11 Å². The normalized spacial score (nSPS) is 12.1. The highest BCUT2D eigenvalue weighted by Gasteiger charge is 2.17. The highest BCUT2D eigenvalue weighted by molar-refractivity contribution is 5.66. The first kappa shape index (κ1) is 15.0. The molecule has 1 unspecified atom stereocenters. The molecule has 0 fully saturated rings. The summed E-state index contributed by atoms with van der Waals surface area (Å²) in [6.07, 6.45) is -1.18. The van der Waals surface area contributed by atoms with E-state index < -0.39 is 28.5 Å². The summed E-state index contributed by atoms with van der Waals surface area (Å²) in [6, 6.07) is 3.11. The van der Waals surface area contributed by atoms with Crippen LogP contribution in [0.1, 0.15) is 18.1 Å². The standard InChI is InChI=1S/C11H13FN2O5/c12-8-2-1-7(5-9(8)14(18)19)10(15)6-13-4-3-11(16)17/h1-2,5,10,13,15H,3-4,6H2,(H,16,17). The fourth-order valence-electron chi connectivity index (χ4n) is 1.43. The first-order valence-corrected chi connectivity index (χ1v) is 5.46. The minimum atomic E-state index is -1.08. The molecule has 1 aromatic rings. The summed E-state index contributed by atoms with van der Waals surface area (Å²) < 4.78 is 13.1. The number of benzene rings is 1. The Morgan fingerprint density at radius 3 is 2.79 bits per heavy atom. The van der Waals surface area contributed by atoms with Crippen molar-refractivity contribution in [3.8, 4) is 0 Å². The maximum absolute atomic E-state index is 13.1. The number of nitrogens with zero attached hydrogens (tertiary/aromatic N) is 1. The van der Waals surface area contributed by atoms with Crippen LogP contribution >= 0.6 is 0 Å². The van der Waals surface area contributed by atoms with E-state index in [1.165, 1.54) is 6.07 Å². The molecule has 19 heavy (non-hydrogen) atoms. The number of nitro groups is 1. The maximum atomic E-state index is 13.1. The average molecular weight is 272 g/mol. The predicted octanol–water partition coefficient (Wildman–Crippen LogP) is 0.832. The van der Waals surface area contributed by atoms with Crippen LogP contribution in [0.4, 0.5) is 10.1 Å². The largest absolute Gasteiger partial charge is 0.481 e. The Hall–Kier alpha value is -2.06. The number of rotatable bonds is 7. The van der Waals surface area contributed by atoms with Gasteiger partial charge in [0.2, 0.25) is 5.82 Å². The minimum Gasteiger partial charge on any atom is -0.481 e. The van der Waals surface area contributed by atoms with E-state index in [0.29, 0.717) is 0 Å². The molecule has 0 aliphatic carbocycles. The van der Waals surface area contributed by atoms with Gasteiger partial charge in [-0.05, 0) is 11.6 Å². The number of aliphatic hydroxyl groups is 1. The molecule has 0 amide bonds. The number of nitrogens with one attached hydrogen (secondary N) is 1. The van der Waals surface area contributed by atoms with Crippen molar-refractivity contribution in [2.75, 3.05) is 13.1 Å². The molecule has 0 aliphatic rings. The number of hydrogen-bond acceptors (Lipinski definition) is 5. The van der Waals surface area contributed by atoms with Gasteiger partial charge in [-0.3, -0.25) is 14.9 Å². The van der Waals surface area contributed by atoms with Gasteiger partial charge in [0.15, 0.2) is 0 Å². The average Bonchev–Trinajstić information content (AvgIpc) is 2.34. The van der Waals surface area contributed by atoms with Gasteiger partial charge in [0.1, 0.15) is 0 Å². The molecule has 0 heterocycles. The van der Waals surface area contributed by atoms with Gasteiger partial charge in [-0.25, -0.2) is 0 Å². The second-order valence-electron chi connectivity index (χ2n) is 3.83. The zero-order chi connectivity index (χ0) is 14.4. The third kappa shape index (κ3) is 4.60. The van der Waals surface area contributed by atoms with Gasteiger partial charge in [-0.15, -0.1) is 0 Å². The fourth-order valence-corrected chi connectivity index (χ4v) is 1.43. The van der Waals surface area contributed by atoms with E-state index in [2.05, 4.69) is 5.32 Å². The van der Waals surface area contributed by atoms with Crippen LogP contribution in [-0.2, 0) is 4.79 Å². The first-order valence-electron chi connectivity index (χ1n) is 5.46. The Kier molecular flexibility index (Phi) is 5.34.